The highest BCUT2D eigenvalue weighted by Gasteiger charge is 2.51. The summed E-state index contributed by atoms with van der Waals surface area (Å²) < 4.78 is 5.46. The van der Waals surface area contributed by atoms with E-state index in [4.69, 9.17) is 4.74 Å². The molecule has 4 aliphatic rings. The van der Waals surface area contributed by atoms with Gasteiger partial charge in [-0.1, -0.05) is 81.0 Å². The lowest BCUT2D eigenvalue weighted by Gasteiger charge is -2.52. The molecule has 2 aromatic rings. The van der Waals surface area contributed by atoms with Gasteiger partial charge in [-0.25, -0.2) is 9.59 Å². The maximum absolute atomic E-state index is 14.8. The summed E-state index contributed by atoms with van der Waals surface area (Å²) in [5.41, 5.74) is 2.88. The van der Waals surface area contributed by atoms with Crippen LogP contribution in [0.3, 0.4) is 0 Å². The number of carboxylic acid groups (broad SMARTS) is 1. The molecule has 2 fully saturated rings. The second-order valence-corrected chi connectivity index (χ2v) is 16.0. The minimum absolute atomic E-state index is 0.0385. The molecule has 0 unspecified atom stereocenters. The van der Waals surface area contributed by atoms with Crippen molar-refractivity contribution in [1.82, 2.24) is 14.7 Å². The zero-order valence-corrected chi connectivity index (χ0v) is 29.6. The number of ether oxygens (including phenoxy) is 1. The molecule has 9 nitrogen and oxygen atoms in total. The van der Waals surface area contributed by atoms with Crippen molar-refractivity contribution in [2.24, 2.45) is 16.7 Å². The summed E-state index contributed by atoms with van der Waals surface area (Å²) in [5, 5.41) is 9.37. The number of aromatic carboxylic acids is 1. The number of hydrogen-bond acceptors (Lipinski definition) is 5. The Morgan fingerprint density at radius 1 is 0.837 bits per heavy atom. The predicted molar refractivity (Wildman–Crippen MR) is 188 cm³/mol. The van der Waals surface area contributed by atoms with Gasteiger partial charge in [-0.05, 0) is 68.9 Å². The molecule has 3 aliphatic heterocycles. The first-order valence-electron chi connectivity index (χ1n) is 17.4. The van der Waals surface area contributed by atoms with Crippen LogP contribution in [-0.4, -0.2) is 88.6 Å². The number of nitrogens with zero attached hydrogens (tertiary/aromatic N) is 3. The van der Waals surface area contributed by atoms with E-state index >= 15 is 0 Å². The molecule has 3 heterocycles. The van der Waals surface area contributed by atoms with Crippen LogP contribution in [0.25, 0.3) is 5.57 Å². The highest BCUT2D eigenvalue weighted by molar-refractivity contribution is 5.90. The lowest BCUT2D eigenvalue weighted by atomic mass is 9.58. The van der Waals surface area contributed by atoms with Crippen LogP contribution < -0.4 is 0 Å². The lowest BCUT2D eigenvalue weighted by molar-refractivity contribution is -0.147. The van der Waals surface area contributed by atoms with Crippen molar-refractivity contribution in [3.63, 3.8) is 0 Å². The van der Waals surface area contributed by atoms with Gasteiger partial charge >= 0.3 is 12.1 Å². The Bertz CT molecular complexity index is 1690. The van der Waals surface area contributed by atoms with E-state index in [2.05, 4.69) is 32.9 Å². The minimum Gasteiger partial charge on any atom is -0.478 e. The topological polar surface area (TPSA) is 107 Å². The Hall–Kier alpha value is -4.40. The predicted octanol–water partition coefficient (Wildman–Crippen LogP) is 6.40. The van der Waals surface area contributed by atoms with E-state index in [0.29, 0.717) is 52.1 Å². The first-order chi connectivity index (χ1) is 23.0. The fourth-order valence-electron chi connectivity index (χ4n) is 8.52. The van der Waals surface area contributed by atoms with E-state index in [1.165, 1.54) is 11.1 Å². The van der Waals surface area contributed by atoms with Crippen LogP contribution >= 0.6 is 0 Å². The number of likely N-dealkylation sites (tertiary alicyclic amines) is 2. The van der Waals surface area contributed by atoms with Crippen LogP contribution in [0, 0.1) is 16.7 Å². The number of carbonyl (C=O) groups excluding carboxylic acids is 3. The van der Waals surface area contributed by atoms with Crippen LogP contribution in [0.2, 0.25) is 0 Å². The van der Waals surface area contributed by atoms with Gasteiger partial charge < -0.3 is 24.5 Å². The first-order valence-corrected chi connectivity index (χ1v) is 17.4. The van der Waals surface area contributed by atoms with Crippen LogP contribution in [0.15, 0.2) is 72.3 Å². The maximum atomic E-state index is 14.8. The normalized spacial score (nSPS) is 23.4. The van der Waals surface area contributed by atoms with Gasteiger partial charge in [-0.15, -0.1) is 0 Å². The number of benzene rings is 2. The molecule has 9 heteroatoms. The number of rotatable bonds is 5. The monoisotopic (exact) mass is 667 g/mol. The van der Waals surface area contributed by atoms with Crippen molar-refractivity contribution < 1.29 is 29.0 Å². The van der Waals surface area contributed by atoms with E-state index in [-0.39, 0.29) is 34.1 Å². The van der Waals surface area contributed by atoms with Gasteiger partial charge in [0.05, 0.1) is 16.9 Å². The van der Waals surface area contributed by atoms with Crippen molar-refractivity contribution in [3.05, 3.63) is 89.0 Å². The molecule has 0 spiro atoms. The number of amides is 3. The molecule has 6 rings (SSSR count). The molecule has 0 aromatic heterocycles. The van der Waals surface area contributed by atoms with E-state index in [0.717, 1.165) is 17.5 Å². The zero-order chi connectivity index (χ0) is 35.4. The lowest BCUT2D eigenvalue weighted by Crippen LogP contribution is -2.60. The van der Waals surface area contributed by atoms with Crippen molar-refractivity contribution in [3.8, 4) is 0 Å². The van der Waals surface area contributed by atoms with Crippen molar-refractivity contribution in [2.75, 3.05) is 39.3 Å². The van der Waals surface area contributed by atoms with Gasteiger partial charge in [0.2, 0.25) is 11.8 Å². The SMILES string of the molecule is CC(C)(C)OC(=O)N1CC(C(=O)N2CCC(C(=O)N3CC=C4C(C)(C)C(c5ccc(C(=O)O)cc5)=CC[C@]4(C)C3)(c3ccccc3)CC2)C1. The standard InChI is InChI=1S/C40H49N3O6/c1-37(2,3)49-36(48)43-24-29(25-43)33(44)41-22-19-40(20-23-41,30-10-8-7-9-11-30)35(47)42-21-17-32-38(4,5)31(16-18-39(32,6)26-42)27-12-14-28(15-13-27)34(45)46/h7-17,29H,18-26H2,1-6H3,(H,45,46)/t39-/m1/s1. The van der Waals surface area contributed by atoms with Gasteiger partial charge in [0, 0.05) is 50.1 Å². The van der Waals surface area contributed by atoms with Crippen LogP contribution in [0.5, 0.6) is 0 Å². The molecule has 1 N–H and O–H groups in total. The zero-order valence-electron chi connectivity index (χ0n) is 29.6. The number of fused-ring (bicyclic) bond motifs is 1. The van der Waals surface area contributed by atoms with Gasteiger partial charge in [0.1, 0.15) is 5.60 Å². The summed E-state index contributed by atoms with van der Waals surface area (Å²) in [7, 11) is 0. The largest absolute Gasteiger partial charge is 0.478 e. The van der Waals surface area contributed by atoms with Crippen molar-refractivity contribution >= 4 is 29.5 Å². The first kappa shape index (κ1) is 34.5. The van der Waals surface area contributed by atoms with Crippen molar-refractivity contribution in [2.45, 2.75) is 71.8 Å². The van der Waals surface area contributed by atoms with Crippen LogP contribution in [0.1, 0.15) is 82.3 Å². The van der Waals surface area contributed by atoms with Gasteiger partial charge in [-0.3, -0.25) is 9.59 Å². The van der Waals surface area contributed by atoms with E-state index in [9.17, 15) is 24.3 Å². The summed E-state index contributed by atoms with van der Waals surface area (Å²) in [5.74, 6) is -1.04. The molecular formula is C40H49N3O6. The second kappa shape index (κ2) is 12.5. The summed E-state index contributed by atoms with van der Waals surface area (Å²) >= 11 is 0. The molecule has 49 heavy (non-hydrogen) atoms. The third kappa shape index (κ3) is 6.40. The Labute approximate surface area is 289 Å². The molecule has 0 radical (unpaired) electrons. The van der Waals surface area contributed by atoms with Gasteiger partial charge in [0.25, 0.3) is 0 Å². The third-order valence-corrected chi connectivity index (χ3v) is 11.1. The Kier molecular flexibility index (Phi) is 8.78. The number of piperidine rings is 1. The molecule has 2 aromatic carbocycles. The maximum Gasteiger partial charge on any atom is 0.410 e. The highest BCUT2D eigenvalue weighted by atomic mass is 16.6. The van der Waals surface area contributed by atoms with E-state index < -0.39 is 23.1 Å². The molecule has 260 valence electrons. The number of carboxylic acids is 1. The molecule has 0 bridgehead atoms. The highest BCUT2D eigenvalue weighted by Crippen LogP contribution is 2.55. The average molecular weight is 668 g/mol. The summed E-state index contributed by atoms with van der Waals surface area (Å²) in [6.07, 6.45) is 5.96. The number of allylic oxidation sites excluding steroid dienone is 2. The molecule has 3 amide bonds. The average Bonchev–Trinajstić information content (AvgIpc) is 3.03. The summed E-state index contributed by atoms with van der Waals surface area (Å²) in [4.78, 5) is 57.6. The van der Waals surface area contributed by atoms with Crippen LogP contribution in [0.4, 0.5) is 4.79 Å². The molecule has 0 saturated carbocycles. The fourth-order valence-corrected chi connectivity index (χ4v) is 8.52. The minimum atomic E-state index is -0.939. The van der Waals surface area contributed by atoms with Crippen LogP contribution in [-0.2, 0) is 19.7 Å². The molecule has 1 aliphatic carbocycles. The Morgan fingerprint density at radius 3 is 2.06 bits per heavy atom. The van der Waals surface area contributed by atoms with Crippen molar-refractivity contribution in [1.29, 1.82) is 0 Å². The molecule has 2 saturated heterocycles. The second-order valence-electron chi connectivity index (χ2n) is 16.0. The molecular weight excluding hydrogens is 618 g/mol. The Morgan fingerprint density at radius 2 is 1.47 bits per heavy atom. The fraction of sp³-hybridized carbons (Fsp3) is 0.500. The summed E-state index contributed by atoms with van der Waals surface area (Å²) in [6, 6.07) is 17.1. The van der Waals surface area contributed by atoms with E-state index in [1.54, 1.807) is 17.0 Å². The smallest absolute Gasteiger partial charge is 0.410 e. The third-order valence-electron chi connectivity index (χ3n) is 11.1. The molecule has 1 atom stereocenters. The number of carbonyl (C=O) groups is 4. The Balaban J connectivity index is 1.17. The van der Waals surface area contributed by atoms with Gasteiger partial charge in [0.15, 0.2) is 0 Å². The van der Waals surface area contributed by atoms with E-state index in [1.807, 2.05) is 73.0 Å². The summed E-state index contributed by atoms with van der Waals surface area (Å²) in [6.45, 7) is 15.0. The van der Waals surface area contributed by atoms with Gasteiger partial charge in [-0.2, -0.15) is 0 Å². The quantitative estimate of drug-likeness (QED) is 0.370. The number of hydrogen-bond donors (Lipinski definition) is 1.